The summed E-state index contributed by atoms with van der Waals surface area (Å²) in [5.74, 6) is 1.19. The van der Waals surface area contributed by atoms with Gasteiger partial charge in [-0.05, 0) is 31.2 Å². The largest absolute Gasteiger partial charge is 0.376 e. The maximum atomic E-state index is 5.84. The van der Waals surface area contributed by atoms with Crippen LogP contribution in [-0.4, -0.2) is 15.1 Å². The molecule has 108 valence electrons. The number of hydrogen-bond donors (Lipinski definition) is 1. The van der Waals surface area contributed by atoms with Gasteiger partial charge in [-0.1, -0.05) is 16.8 Å². The van der Waals surface area contributed by atoms with E-state index in [0.717, 1.165) is 16.4 Å². The molecular formula is C14H13ClN4OS. The Morgan fingerprint density at radius 2 is 2.05 bits per heavy atom. The summed E-state index contributed by atoms with van der Waals surface area (Å²) in [4.78, 5) is 8.73. The highest BCUT2D eigenvalue weighted by molar-refractivity contribution is 7.09. The van der Waals surface area contributed by atoms with E-state index in [2.05, 4.69) is 20.4 Å². The van der Waals surface area contributed by atoms with Crippen LogP contribution < -0.4 is 5.32 Å². The van der Waals surface area contributed by atoms with Crippen molar-refractivity contribution in [2.24, 2.45) is 0 Å². The van der Waals surface area contributed by atoms with Gasteiger partial charge in [0, 0.05) is 16.1 Å². The zero-order valence-electron chi connectivity index (χ0n) is 11.3. The quantitative estimate of drug-likeness (QED) is 0.776. The maximum Gasteiger partial charge on any atom is 0.245 e. The van der Waals surface area contributed by atoms with Gasteiger partial charge in [0.25, 0.3) is 0 Å². The van der Waals surface area contributed by atoms with Crippen molar-refractivity contribution >= 4 is 28.6 Å². The van der Waals surface area contributed by atoms with Crippen molar-refractivity contribution in [3.05, 3.63) is 57.1 Å². The number of thiazole rings is 1. The number of hydrogen-bond acceptors (Lipinski definition) is 6. The lowest BCUT2D eigenvalue weighted by Gasteiger charge is -2.02. The molecule has 0 saturated heterocycles. The van der Waals surface area contributed by atoms with E-state index in [1.807, 2.05) is 36.6 Å². The summed E-state index contributed by atoms with van der Waals surface area (Å²) in [5, 5.41) is 10.9. The minimum absolute atomic E-state index is 0.477. The Hall–Kier alpha value is -1.92. The summed E-state index contributed by atoms with van der Waals surface area (Å²) in [6, 6.07) is 7.46. The molecule has 0 bridgehead atoms. The van der Waals surface area contributed by atoms with E-state index < -0.39 is 0 Å². The van der Waals surface area contributed by atoms with Crippen LogP contribution in [0.5, 0.6) is 0 Å². The predicted molar refractivity (Wildman–Crippen MR) is 82.7 cm³/mol. The highest BCUT2D eigenvalue weighted by Crippen LogP contribution is 2.15. The molecule has 5 nitrogen and oxygen atoms in total. The average molecular weight is 321 g/mol. The van der Waals surface area contributed by atoms with Crippen LogP contribution >= 0.6 is 22.9 Å². The first-order valence-electron chi connectivity index (χ1n) is 6.41. The van der Waals surface area contributed by atoms with E-state index in [9.17, 15) is 0 Å². The summed E-state index contributed by atoms with van der Waals surface area (Å²) in [6.45, 7) is 2.45. The smallest absolute Gasteiger partial charge is 0.245 e. The molecule has 0 unspecified atom stereocenters. The van der Waals surface area contributed by atoms with Crippen LogP contribution in [0.3, 0.4) is 0 Å². The highest BCUT2D eigenvalue weighted by atomic mass is 35.5. The lowest BCUT2D eigenvalue weighted by Crippen LogP contribution is -2.00. The van der Waals surface area contributed by atoms with Crippen molar-refractivity contribution in [3.8, 4) is 0 Å². The third-order valence-corrected chi connectivity index (χ3v) is 3.88. The first-order valence-corrected chi connectivity index (χ1v) is 7.67. The number of aromatic nitrogens is 3. The molecule has 0 radical (unpaired) electrons. The van der Waals surface area contributed by atoms with Gasteiger partial charge in [-0.15, -0.1) is 11.3 Å². The zero-order valence-corrected chi connectivity index (χ0v) is 12.9. The Labute approximate surface area is 131 Å². The fourth-order valence-corrected chi connectivity index (χ4v) is 2.57. The number of aryl methyl sites for hydroxylation is 1. The van der Waals surface area contributed by atoms with Gasteiger partial charge in [0.1, 0.15) is 0 Å². The standard InChI is InChI=1S/C14H13ClN4OS/c1-9-17-12(8-21-9)6-13-18-14(20-19-13)7-16-11-4-2-10(15)3-5-11/h2-5,8,16H,6-7H2,1H3. The normalized spacial score (nSPS) is 10.8. The fraction of sp³-hybridized carbons (Fsp3) is 0.214. The monoisotopic (exact) mass is 320 g/mol. The molecule has 0 atom stereocenters. The summed E-state index contributed by atoms with van der Waals surface area (Å²) in [7, 11) is 0. The summed E-state index contributed by atoms with van der Waals surface area (Å²) >= 11 is 7.46. The molecule has 2 heterocycles. The summed E-state index contributed by atoms with van der Waals surface area (Å²) < 4.78 is 5.22. The van der Waals surface area contributed by atoms with Crippen LogP contribution in [0.1, 0.15) is 22.4 Å². The molecule has 0 saturated carbocycles. The second-order valence-electron chi connectivity index (χ2n) is 4.50. The molecular weight excluding hydrogens is 308 g/mol. The maximum absolute atomic E-state index is 5.84. The average Bonchev–Trinajstić information content (AvgIpc) is 3.08. The van der Waals surface area contributed by atoms with Gasteiger partial charge in [-0.25, -0.2) is 4.98 Å². The van der Waals surface area contributed by atoms with E-state index in [-0.39, 0.29) is 0 Å². The molecule has 7 heteroatoms. The van der Waals surface area contributed by atoms with Crippen molar-refractivity contribution < 1.29 is 4.52 Å². The van der Waals surface area contributed by atoms with Gasteiger partial charge in [0.15, 0.2) is 5.82 Å². The highest BCUT2D eigenvalue weighted by Gasteiger charge is 2.08. The molecule has 0 aliphatic rings. The molecule has 0 fully saturated rings. The zero-order chi connectivity index (χ0) is 14.7. The van der Waals surface area contributed by atoms with Crippen molar-refractivity contribution in [1.82, 2.24) is 15.1 Å². The SMILES string of the molecule is Cc1nc(Cc2noc(CNc3ccc(Cl)cc3)n2)cs1. The Bertz CT molecular complexity index is 723. The molecule has 0 aliphatic heterocycles. The van der Waals surface area contributed by atoms with Crippen LogP contribution in [0.2, 0.25) is 5.02 Å². The molecule has 0 aliphatic carbocycles. The molecule has 0 amide bonds. The fourth-order valence-electron chi connectivity index (χ4n) is 1.83. The van der Waals surface area contributed by atoms with E-state index in [4.69, 9.17) is 16.1 Å². The van der Waals surface area contributed by atoms with Crippen LogP contribution in [0.15, 0.2) is 34.2 Å². The van der Waals surface area contributed by atoms with Crippen LogP contribution in [0, 0.1) is 6.92 Å². The van der Waals surface area contributed by atoms with Crippen LogP contribution in [-0.2, 0) is 13.0 Å². The molecule has 0 spiro atoms. The minimum atomic E-state index is 0.477. The first-order chi connectivity index (χ1) is 10.2. The summed E-state index contributed by atoms with van der Waals surface area (Å²) in [6.07, 6.45) is 0.592. The Morgan fingerprint density at radius 3 is 2.76 bits per heavy atom. The van der Waals surface area contributed by atoms with Crippen molar-refractivity contribution in [3.63, 3.8) is 0 Å². The number of nitrogens with one attached hydrogen (secondary N) is 1. The number of halogens is 1. The van der Waals surface area contributed by atoms with Crippen LogP contribution in [0.4, 0.5) is 5.69 Å². The molecule has 3 aromatic rings. The van der Waals surface area contributed by atoms with E-state index in [1.54, 1.807) is 11.3 Å². The molecule has 1 aromatic carbocycles. The topological polar surface area (TPSA) is 63.8 Å². The Morgan fingerprint density at radius 1 is 1.24 bits per heavy atom. The third-order valence-electron chi connectivity index (χ3n) is 2.80. The van der Waals surface area contributed by atoms with Gasteiger partial charge in [-0.3, -0.25) is 0 Å². The first kappa shape index (κ1) is 14.0. The van der Waals surface area contributed by atoms with E-state index >= 15 is 0 Å². The number of nitrogens with zero attached hydrogens (tertiary/aromatic N) is 3. The molecule has 1 N–H and O–H groups in total. The third kappa shape index (κ3) is 3.80. The van der Waals surface area contributed by atoms with E-state index in [1.165, 1.54) is 0 Å². The minimum Gasteiger partial charge on any atom is -0.376 e. The number of rotatable bonds is 5. The number of anilines is 1. The van der Waals surface area contributed by atoms with E-state index in [0.29, 0.717) is 29.7 Å². The second kappa shape index (κ2) is 6.24. The lowest BCUT2D eigenvalue weighted by molar-refractivity contribution is 0.378. The van der Waals surface area contributed by atoms with Gasteiger partial charge < -0.3 is 9.84 Å². The summed E-state index contributed by atoms with van der Waals surface area (Å²) in [5.41, 5.74) is 1.92. The predicted octanol–water partition coefficient (Wildman–Crippen LogP) is 3.69. The van der Waals surface area contributed by atoms with Crippen molar-refractivity contribution in [1.29, 1.82) is 0 Å². The van der Waals surface area contributed by atoms with Gasteiger partial charge in [0.2, 0.25) is 5.89 Å². The Kier molecular flexibility index (Phi) is 4.17. The molecule has 3 rings (SSSR count). The van der Waals surface area contributed by atoms with Crippen LogP contribution in [0.25, 0.3) is 0 Å². The second-order valence-corrected chi connectivity index (χ2v) is 6.00. The van der Waals surface area contributed by atoms with Gasteiger partial charge in [-0.2, -0.15) is 4.98 Å². The molecule has 21 heavy (non-hydrogen) atoms. The van der Waals surface area contributed by atoms with Crippen molar-refractivity contribution in [2.75, 3.05) is 5.32 Å². The van der Waals surface area contributed by atoms with Gasteiger partial charge in [0.05, 0.1) is 23.7 Å². The molecule has 2 aromatic heterocycles. The lowest BCUT2D eigenvalue weighted by atomic mass is 10.3. The van der Waals surface area contributed by atoms with Crippen molar-refractivity contribution in [2.45, 2.75) is 19.9 Å². The van der Waals surface area contributed by atoms with Gasteiger partial charge >= 0.3 is 0 Å². The Balaban J connectivity index is 1.58. The number of benzene rings is 1.